The summed E-state index contributed by atoms with van der Waals surface area (Å²) in [6.07, 6.45) is 5.03. The van der Waals surface area contributed by atoms with Crippen LogP contribution in [0.5, 0.6) is 5.75 Å². The molecule has 1 aliphatic rings. The number of rotatable bonds is 6. The molecule has 0 unspecified atom stereocenters. The quantitative estimate of drug-likeness (QED) is 0.428. The standard InChI is InChI=1S/C26H33FN8O2/c1-15(2)21-22-18(31-24(21)17-9-19(37-6)25-29-14-30-35(25)12-17)10-28-26(23(22)27)34-8-7-33(11-16(34)3)20(36)13-32(4)5/h9-10,12,14-16,31H,7-8,11,13H2,1-6H3/t16-/m1/s1. The van der Waals surface area contributed by atoms with Crippen molar-refractivity contribution in [1.29, 1.82) is 0 Å². The fraction of sp³-hybridized carbons (Fsp3) is 0.462. The minimum atomic E-state index is -0.350. The van der Waals surface area contributed by atoms with Crippen LogP contribution >= 0.6 is 0 Å². The van der Waals surface area contributed by atoms with E-state index in [1.54, 1.807) is 17.8 Å². The number of fused-ring (bicyclic) bond motifs is 2. The van der Waals surface area contributed by atoms with Gasteiger partial charge in [-0.1, -0.05) is 13.8 Å². The first-order valence-corrected chi connectivity index (χ1v) is 12.5. The zero-order chi connectivity index (χ0) is 26.4. The van der Waals surface area contributed by atoms with E-state index in [2.05, 4.69) is 33.9 Å². The van der Waals surface area contributed by atoms with Gasteiger partial charge in [-0.05, 0) is 38.6 Å². The Morgan fingerprint density at radius 1 is 1.30 bits per heavy atom. The largest absolute Gasteiger partial charge is 0.493 e. The number of aromatic amines is 1. The van der Waals surface area contributed by atoms with Gasteiger partial charge in [0, 0.05) is 42.8 Å². The van der Waals surface area contributed by atoms with Crippen LogP contribution in [0, 0.1) is 5.82 Å². The first-order chi connectivity index (χ1) is 17.7. The summed E-state index contributed by atoms with van der Waals surface area (Å²) in [5.41, 5.74) is 3.72. The number of pyridine rings is 2. The van der Waals surface area contributed by atoms with Crippen molar-refractivity contribution in [3.8, 4) is 17.0 Å². The van der Waals surface area contributed by atoms with E-state index in [0.29, 0.717) is 54.3 Å². The fourth-order valence-electron chi connectivity index (χ4n) is 5.22. The maximum Gasteiger partial charge on any atom is 0.236 e. The lowest BCUT2D eigenvalue weighted by Crippen LogP contribution is -2.55. The molecule has 4 aromatic rings. The molecule has 11 heteroatoms. The van der Waals surface area contributed by atoms with Gasteiger partial charge in [0.1, 0.15) is 6.33 Å². The predicted octanol–water partition coefficient (Wildman–Crippen LogP) is 3.14. The third-order valence-electron chi connectivity index (χ3n) is 6.93. The van der Waals surface area contributed by atoms with Crippen molar-refractivity contribution < 1.29 is 13.9 Å². The molecule has 1 aliphatic heterocycles. The molecular formula is C26H33FN8O2. The van der Waals surface area contributed by atoms with E-state index in [-0.39, 0.29) is 23.7 Å². The van der Waals surface area contributed by atoms with E-state index in [4.69, 9.17) is 4.74 Å². The average molecular weight is 509 g/mol. The molecule has 196 valence electrons. The number of ether oxygens (including phenoxy) is 1. The molecule has 0 spiro atoms. The molecule has 0 bridgehead atoms. The van der Waals surface area contributed by atoms with E-state index in [1.807, 2.05) is 48.0 Å². The van der Waals surface area contributed by atoms with E-state index in [1.165, 1.54) is 6.33 Å². The van der Waals surface area contributed by atoms with E-state index >= 15 is 4.39 Å². The number of aromatic nitrogens is 5. The molecule has 1 saturated heterocycles. The predicted molar refractivity (Wildman–Crippen MR) is 141 cm³/mol. The number of halogens is 1. The van der Waals surface area contributed by atoms with Gasteiger partial charge in [0.15, 0.2) is 23.0 Å². The summed E-state index contributed by atoms with van der Waals surface area (Å²) < 4.78 is 23.5. The normalized spacial score (nSPS) is 16.5. The highest BCUT2D eigenvalue weighted by molar-refractivity contribution is 5.93. The zero-order valence-electron chi connectivity index (χ0n) is 22.1. The molecule has 0 aromatic carbocycles. The summed E-state index contributed by atoms with van der Waals surface area (Å²) in [5.74, 6) is 0.661. The number of H-pyrrole nitrogens is 1. The van der Waals surface area contributed by atoms with Gasteiger partial charge in [-0.2, -0.15) is 5.10 Å². The molecule has 1 amide bonds. The number of carbonyl (C=O) groups is 1. The van der Waals surface area contributed by atoms with Gasteiger partial charge in [-0.3, -0.25) is 4.79 Å². The van der Waals surface area contributed by atoms with Crippen LogP contribution in [0.25, 0.3) is 27.8 Å². The van der Waals surface area contributed by atoms with E-state index < -0.39 is 0 Å². The highest BCUT2D eigenvalue weighted by Crippen LogP contribution is 2.40. The van der Waals surface area contributed by atoms with Crippen LogP contribution in [-0.4, -0.2) is 93.7 Å². The van der Waals surface area contributed by atoms with Crippen LogP contribution in [0.2, 0.25) is 0 Å². The molecule has 0 aliphatic carbocycles. The summed E-state index contributed by atoms with van der Waals surface area (Å²) >= 11 is 0. The second kappa shape index (κ2) is 9.62. The smallest absolute Gasteiger partial charge is 0.236 e. The Hall–Kier alpha value is -3.73. The maximum atomic E-state index is 16.3. The van der Waals surface area contributed by atoms with Crippen LogP contribution in [0.3, 0.4) is 0 Å². The van der Waals surface area contributed by atoms with Crippen LogP contribution in [0.15, 0.2) is 24.8 Å². The summed E-state index contributed by atoms with van der Waals surface area (Å²) in [4.78, 5) is 30.4. The topological polar surface area (TPSA) is 94.9 Å². The summed E-state index contributed by atoms with van der Waals surface area (Å²) in [6.45, 7) is 8.04. The van der Waals surface area contributed by atoms with E-state index in [9.17, 15) is 4.79 Å². The number of methoxy groups -OCH3 is 1. The lowest BCUT2D eigenvalue weighted by molar-refractivity contribution is -0.132. The molecule has 4 aromatic heterocycles. The lowest BCUT2D eigenvalue weighted by Gasteiger charge is -2.41. The van der Waals surface area contributed by atoms with Crippen molar-refractivity contribution in [1.82, 2.24) is 34.4 Å². The molecule has 1 fully saturated rings. The maximum absolute atomic E-state index is 16.3. The van der Waals surface area contributed by atoms with Crippen molar-refractivity contribution in [2.45, 2.75) is 32.7 Å². The molecule has 5 rings (SSSR count). The van der Waals surface area contributed by atoms with Gasteiger partial charge >= 0.3 is 0 Å². The summed E-state index contributed by atoms with van der Waals surface area (Å²) in [5, 5.41) is 4.80. The van der Waals surface area contributed by atoms with Crippen LogP contribution < -0.4 is 9.64 Å². The number of piperazine rings is 1. The molecule has 1 atom stereocenters. The van der Waals surface area contributed by atoms with Crippen molar-refractivity contribution >= 4 is 28.3 Å². The van der Waals surface area contributed by atoms with Gasteiger partial charge in [-0.15, -0.1) is 0 Å². The second-order valence-corrected chi connectivity index (χ2v) is 10.2. The summed E-state index contributed by atoms with van der Waals surface area (Å²) in [7, 11) is 5.35. The molecule has 0 saturated carbocycles. The molecule has 10 nitrogen and oxygen atoms in total. The third-order valence-corrected chi connectivity index (χ3v) is 6.93. The number of nitrogens with zero attached hydrogens (tertiary/aromatic N) is 7. The number of nitrogens with one attached hydrogen (secondary N) is 1. The molecular weight excluding hydrogens is 475 g/mol. The van der Waals surface area contributed by atoms with Crippen molar-refractivity contribution in [3.63, 3.8) is 0 Å². The number of hydrogen-bond acceptors (Lipinski definition) is 7. The molecule has 5 heterocycles. The van der Waals surface area contributed by atoms with Crippen LogP contribution in [0.4, 0.5) is 10.2 Å². The minimum Gasteiger partial charge on any atom is -0.493 e. The number of hydrogen-bond donors (Lipinski definition) is 1. The van der Waals surface area contributed by atoms with Crippen molar-refractivity contribution in [3.05, 3.63) is 36.2 Å². The van der Waals surface area contributed by atoms with Crippen LogP contribution in [0.1, 0.15) is 32.3 Å². The minimum absolute atomic E-state index is 0.0314. The number of amides is 1. The van der Waals surface area contributed by atoms with Gasteiger partial charge < -0.3 is 24.4 Å². The fourth-order valence-corrected chi connectivity index (χ4v) is 5.22. The van der Waals surface area contributed by atoms with Crippen LogP contribution in [-0.2, 0) is 4.79 Å². The Bertz CT molecular complexity index is 1460. The molecule has 1 N–H and O–H groups in total. The van der Waals surface area contributed by atoms with Crippen molar-refractivity contribution in [2.75, 3.05) is 52.3 Å². The van der Waals surface area contributed by atoms with Gasteiger partial charge in [0.25, 0.3) is 0 Å². The first kappa shape index (κ1) is 24.9. The van der Waals surface area contributed by atoms with Crippen molar-refractivity contribution in [2.24, 2.45) is 0 Å². The Balaban J connectivity index is 1.55. The van der Waals surface area contributed by atoms with E-state index in [0.717, 1.165) is 16.8 Å². The van der Waals surface area contributed by atoms with Gasteiger partial charge in [-0.25, -0.2) is 18.9 Å². The SMILES string of the molecule is COc1cc(-c2[nH]c3cnc(N4CCN(C(=O)CN(C)C)C[C@H]4C)c(F)c3c2C(C)C)cn2ncnc12. The average Bonchev–Trinajstić information content (AvgIpc) is 3.48. The zero-order valence-corrected chi connectivity index (χ0v) is 22.1. The second-order valence-electron chi connectivity index (χ2n) is 10.2. The lowest BCUT2D eigenvalue weighted by atomic mass is 9.96. The summed E-state index contributed by atoms with van der Waals surface area (Å²) in [6, 6.07) is 1.82. The monoisotopic (exact) mass is 508 g/mol. The number of anilines is 1. The highest BCUT2D eigenvalue weighted by atomic mass is 19.1. The Kier molecular flexibility index (Phi) is 6.49. The Labute approximate surface area is 215 Å². The Morgan fingerprint density at radius 2 is 2.08 bits per heavy atom. The van der Waals surface area contributed by atoms with Gasteiger partial charge in [0.2, 0.25) is 5.91 Å². The molecule has 0 radical (unpaired) electrons. The number of carbonyl (C=O) groups excluding carboxylic acids is 1. The highest BCUT2D eigenvalue weighted by Gasteiger charge is 2.31. The number of likely N-dealkylation sites (N-methyl/N-ethyl adjacent to an activating group) is 1. The molecule has 37 heavy (non-hydrogen) atoms. The Morgan fingerprint density at radius 3 is 2.76 bits per heavy atom. The van der Waals surface area contributed by atoms with Gasteiger partial charge in [0.05, 0.1) is 31.1 Å². The third kappa shape index (κ3) is 4.37. The first-order valence-electron chi connectivity index (χ1n) is 12.5.